The van der Waals surface area contributed by atoms with Gasteiger partial charge in [-0.3, -0.25) is 14.4 Å². The molecule has 2 heterocycles. The molecule has 4 rings (SSSR count). The molecule has 3 amide bonds. The van der Waals surface area contributed by atoms with Crippen LogP contribution in [0.15, 0.2) is 55.0 Å². The molecule has 1 saturated carbocycles. The molecule has 0 bridgehead atoms. The predicted molar refractivity (Wildman–Crippen MR) is 149 cm³/mol. The molecule has 3 N–H and O–H groups in total. The van der Waals surface area contributed by atoms with Crippen LogP contribution in [0.3, 0.4) is 0 Å². The first-order valence-corrected chi connectivity index (χ1v) is 13.9. The third-order valence-corrected chi connectivity index (χ3v) is 8.20. The maximum atomic E-state index is 14.2. The van der Waals surface area contributed by atoms with Gasteiger partial charge in [0.05, 0.1) is 13.5 Å². The average Bonchev–Trinajstić information content (AvgIpc) is 3.85. The van der Waals surface area contributed by atoms with Crippen LogP contribution in [0.2, 0.25) is 0 Å². The van der Waals surface area contributed by atoms with E-state index in [-0.39, 0.29) is 36.6 Å². The summed E-state index contributed by atoms with van der Waals surface area (Å²) in [7, 11) is 3.02. The van der Waals surface area contributed by atoms with E-state index in [1.165, 1.54) is 31.4 Å². The summed E-state index contributed by atoms with van der Waals surface area (Å²) in [5, 5.41) is 5.71. The average molecular weight is 554 g/mol. The Morgan fingerprint density at radius 3 is 2.62 bits per heavy atom. The number of nitrogens with one attached hydrogen (secondary N) is 1. The summed E-state index contributed by atoms with van der Waals surface area (Å²) in [6, 6.07) is 3.99. The molecule has 216 valence electrons. The Morgan fingerprint density at radius 2 is 2.02 bits per heavy atom. The fraction of sp³-hybridized carbons (Fsp3) is 0.500. The number of fused-ring (bicyclic) bond motifs is 1. The van der Waals surface area contributed by atoms with Crippen LogP contribution in [0.1, 0.15) is 50.2 Å². The smallest absolute Gasteiger partial charge is 0.242 e. The lowest BCUT2D eigenvalue weighted by atomic mass is 9.96. The van der Waals surface area contributed by atoms with E-state index in [0.717, 1.165) is 36.8 Å². The lowest BCUT2D eigenvalue weighted by Crippen LogP contribution is -2.48. The Kier molecular flexibility index (Phi) is 8.98. The number of rotatable bonds is 12. The standard InChI is InChI=1S/C30H40FN5O4/c1-5-7-8-9-25(40-4)28-30(29(32)39,36(28)34(6-2)19-26(37)33-3)17-27(38)35-18-22-12-14-23(31)16-21(22)13-15-24(35)20-10-11-20/h6-9,12,14,16,20,24,28H,2,5,10-11,13,15,17-19H2,1,3-4H3,(H2,32,39)(H,33,37)/b8-7-,25-9-/t24-,28-,30?,36?/m1/s1. The van der Waals surface area contributed by atoms with Crippen molar-refractivity contribution in [3.8, 4) is 0 Å². The molecule has 0 radical (unpaired) electrons. The number of methoxy groups -OCH3 is 1. The third-order valence-electron chi connectivity index (χ3n) is 8.20. The van der Waals surface area contributed by atoms with Gasteiger partial charge in [0.2, 0.25) is 17.7 Å². The van der Waals surface area contributed by atoms with E-state index in [2.05, 4.69) is 11.9 Å². The number of hydrogen-bond acceptors (Lipinski definition) is 6. The van der Waals surface area contributed by atoms with Crippen molar-refractivity contribution >= 4 is 17.7 Å². The number of aryl methyl sites for hydroxylation is 1. The van der Waals surface area contributed by atoms with Gasteiger partial charge in [0.1, 0.15) is 24.2 Å². The van der Waals surface area contributed by atoms with E-state index < -0.39 is 17.5 Å². The highest BCUT2D eigenvalue weighted by atomic mass is 19.1. The van der Waals surface area contributed by atoms with Gasteiger partial charge < -0.3 is 25.7 Å². The van der Waals surface area contributed by atoms with Crippen LogP contribution < -0.4 is 11.1 Å². The zero-order valence-electron chi connectivity index (χ0n) is 23.6. The van der Waals surface area contributed by atoms with Crippen LogP contribution in [0.5, 0.6) is 0 Å². The van der Waals surface area contributed by atoms with E-state index in [4.69, 9.17) is 10.5 Å². The molecule has 1 aliphatic carbocycles. The van der Waals surface area contributed by atoms with Gasteiger partial charge in [0.25, 0.3) is 0 Å². The number of hydrogen-bond donors (Lipinski definition) is 2. The van der Waals surface area contributed by atoms with Gasteiger partial charge in [-0.25, -0.2) is 4.39 Å². The first kappa shape index (κ1) is 29.3. The third kappa shape index (κ3) is 5.77. The SMILES string of the molecule is C=CN(CC(=O)NC)N1[C@H](/C(=C/C=C\CC)OC)C1(CC(=O)N1Cc2ccc(F)cc2CC[C@@H]1C1CC1)C(N)=O. The van der Waals surface area contributed by atoms with Gasteiger partial charge in [-0.05, 0) is 67.4 Å². The van der Waals surface area contributed by atoms with Gasteiger partial charge in [0.15, 0.2) is 5.54 Å². The first-order valence-electron chi connectivity index (χ1n) is 13.9. The molecule has 2 fully saturated rings. The summed E-state index contributed by atoms with van der Waals surface area (Å²) in [5.41, 5.74) is 6.42. The Bertz CT molecular complexity index is 1210. The van der Waals surface area contributed by atoms with Gasteiger partial charge >= 0.3 is 0 Å². The summed E-state index contributed by atoms with van der Waals surface area (Å²) in [5.74, 6) is -0.682. The molecule has 40 heavy (non-hydrogen) atoms. The molecule has 2 aliphatic heterocycles. The zero-order chi connectivity index (χ0) is 29.0. The molecule has 1 aromatic carbocycles. The summed E-state index contributed by atoms with van der Waals surface area (Å²) in [6.07, 6.45) is 11.0. The number of hydrazine groups is 1. The molecule has 1 aromatic rings. The topological polar surface area (TPSA) is 108 Å². The summed E-state index contributed by atoms with van der Waals surface area (Å²) < 4.78 is 19.7. The number of nitrogens with zero attached hydrogens (tertiary/aromatic N) is 3. The van der Waals surface area contributed by atoms with Crippen molar-refractivity contribution in [2.24, 2.45) is 11.7 Å². The second-order valence-electron chi connectivity index (χ2n) is 10.7. The molecular formula is C30H40FN5O4. The number of carbonyl (C=O) groups excluding carboxylic acids is 3. The fourth-order valence-corrected chi connectivity index (χ4v) is 5.91. The number of halogens is 1. The van der Waals surface area contributed by atoms with E-state index in [9.17, 15) is 18.8 Å². The lowest BCUT2D eigenvalue weighted by molar-refractivity contribution is -0.139. The normalized spacial score (nSPS) is 26.1. The Labute approximate surface area is 235 Å². The largest absolute Gasteiger partial charge is 0.499 e. The number of likely N-dealkylation sites (N-methyl/N-ethyl adjacent to an activating group) is 1. The number of amides is 3. The lowest BCUT2D eigenvalue weighted by Gasteiger charge is -2.32. The minimum absolute atomic E-state index is 0.00941. The van der Waals surface area contributed by atoms with Crippen molar-refractivity contribution in [3.05, 3.63) is 71.9 Å². The number of allylic oxidation sites excluding steroid dienone is 3. The highest BCUT2D eigenvalue weighted by Crippen LogP contribution is 2.50. The highest BCUT2D eigenvalue weighted by molar-refractivity contribution is 5.96. The van der Waals surface area contributed by atoms with E-state index >= 15 is 0 Å². The monoisotopic (exact) mass is 553 g/mol. The van der Waals surface area contributed by atoms with E-state index in [1.807, 2.05) is 24.0 Å². The van der Waals surface area contributed by atoms with Crippen molar-refractivity contribution < 1.29 is 23.5 Å². The minimum Gasteiger partial charge on any atom is -0.499 e. The van der Waals surface area contributed by atoms with Crippen LogP contribution in [-0.2, 0) is 32.1 Å². The zero-order valence-corrected chi connectivity index (χ0v) is 23.6. The quantitative estimate of drug-likeness (QED) is 0.234. The molecule has 10 heteroatoms. The number of benzene rings is 1. The van der Waals surface area contributed by atoms with Crippen LogP contribution >= 0.6 is 0 Å². The van der Waals surface area contributed by atoms with Crippen LogP contribution in [-0.4, -0.2) is 71.0 Å². The molecule has 3 aliphatic rings. The summed E-state index contributed by atoms with van der Waals surface area (Å²) in [6.45, 7) is 6.06. The molecule has 1 saturated heterocycles. The number of nitrogens with two attached hydrogens (primary N) is 1. The summed E-state index contributed by atoms with van der Waals surface area (Å²) in [4.78, 5) is 41.7. The van der Waals surface area contributed by atoms with Gasteiger partial charge in [-0.1, -0.05) is 31.7 Å². The molecule has 9 nitrogen and oxygen atoms in total. The van der Waals surface area contributed by atoms with Crippen LogP contribution in [0, 0.1) is 11.7 Å². The first-order chi connectivity index (χ1) is 19.2. The summed E-state index contributed by atoms with van der Waals surface area (Å²) >= 11 is 0. The van der Waals surface area contributed by atoms with Gasteiger partial charge in [-0.15, -0.1) is 0 Å². The van der Waals surface area contributed by atoms with Crippen molar-refractivity contribution in [1.82, 2.24) is 20.2 Å². The second-order valence-corrected chi connectivity index (χ2v) is 10.7. The Hall–Kier alpha value is -3.66. The second kappa shape index (κ2) is 12.2. The predicted octanol–water partition coefficient (Wildman–Crippen LogP) is 2.78. The van der Waals surface area contributed by atoms with E-state index in [0.29, 0.717) is 24.6 Å². The van der Waals surface area contributed by atoms with Crippen molar-refractivity contribution in [2.75, 3.05) is 20.7 Å². The van der Waals surface area contributed by atoms with Crippen molar-refractivity contribution in [2.45, 2.75) is 69.6 Å². The number of carbonyl (C=O) groups is 3. The van der Waals surface area contributed by atoms with Gasteiger partial charge in [-0.2, -0.15) is 5.01 Å². The van der Waals surface area contributed by atoms with Gasteiger partial charge in [0, 0.05) is 25.8 Å². The maximum Gasteiger partial charge on any atom is 0.242 e. The minimum atomic E-state index is -1.47. The highest BCUT2D eigenvalue weighted by Gasteiger charge is 2.72. The molecule has 0 aromatic heterocycles. The maximum absolute atomic E-state index is 14.2. The molecule has 0 spiro atoms. The molecular weight excluding hydrogens is 513 g/mol. The van der Waals surface area contributed by atoms with Crippen molar-refractivity contribution in [3.63, 3.8) is 0 Å². The van der Waals surface area contributed by atoms with Crippen molar-refractivity contribution in [1.29, 1.82) is 0 Å². The fourth-order valence-electron chi connectivity index (χ4n) is 5.91. The number of ether oxygens (including phenoxy) is 1. The van der Waals surface area contributed by atoms with Crippen LogP contribution in [0.25, 0.3) is 0 Å². The number of primary amides is 1. The Balaban J connectivity index is 1.71. The molecule has 4 atom stereocenters. The molecule has 2 unspecified atom stereocenters. The Morgan fingerprint density at radius 1 is 1.27 bits per heavy atom. The van der Waals surface area contributed by atoms with E-state index in [1.54, 1.807) is 23.2 Å². The van der Waals surface area contributed by atoms with Crippen LogP contribution in [0.4, 0.5) is 4.39 Å².